The lowest BCUT2D eigenvalue weighted by molar-refractivity contribution is 0.413. The third kappa shape index (κ3) is 1.40. The summed E-state index contributed by atoms with van der Waals surface area (Å²) in [4.78, 5) is 4.11. The van der Waals surface area contributed by atoms with Crippen LogP contribution in [-0.4, -0.2) is 12.1 Å². The molecule has 0 aliphatic carbocycles. The third-order valence-corrected chi connectivity index (χ3v) is 1.57. The molecule has 0 bridgehead atoms. The van der Waals surface area contributed by atoms with Crippen LogP contribution in [0.25, 0.3) is 6.08 Å². The molecular weight excluding hydrogens is 138 g/mol. The fourth-order valence-corrected chi connectivity index (χ4v) is 0.981. The van der Waals surface area contributed by atoms with Crippen LogP contribution in [0.5, 0.6) is 5.75 Å². The van der Waals surface area contributed by atoms with E-state index in [1.165, 1.54) is 0 Å². The maximum atomic E-state index is 5.11. The number of aryl methyl sites for hydroxylation is 1. The smallest absolute Gasteiger partial charge is 0.129 e. The number of nitrogens with zero attached hydrogens (tertiary/aromatic N) is 1. The number of aromatic nitrogens is 1. The van der Waals surface area contributed by atoms with E-state index in [-0.39, 0.29) is 0 Å². The average Bonchev–Trinajstić information content (AvgIpc) is 2.04. The minimum Gasteiger partial charge on any atom is -0.496 e. The minimum absolute atomic E-state index is 0.826. The summed E-state index contributed by atoms with van der Waals surface area (Å²) in [6, 6.07) is 1.82. The lowest BCUT2D eigenvalue weighted by atomic mass is 10.2. The number of ether oxygens (including phenoxy) is 1. The van der Waals surface area contributed by atoms with Crippen LogP contribution in [0.2, 0.25) is 0 Å². The van der Waals surface area contributed by atoms with E-state index >= 15 is 0 Å². The maximum Gasteiger partial charge on any atom is 0.129 e. The highest BCUT2D eigenvalue weighted by atomic mass is 16.5. The van der Waals surface area contributed by atoms with Crippen LogP contribution in [0.15, 0.2) is 18.8 Å². The number of rotatable bonds is 2. The second-order valence-corrected chi connectivity index (χ2v) is 2.22. The standard InChI is InChI=1S/C9H11NO/c1-4-8-7(2)10-6-5-9(8)11-3/h4-6H,1H2,2-3H3. The van der Waals surface area contributed by atoms with Crippen molar-refractivity contribution in [3.63, 3.8) is 0 Å². The molecule has 0 saturated carbocycles. The van der Waals surface area contributed by atoms with Crippen LogP contribution in [-0.2, 0) is 0 Å². The molecule has 0 aliphatic heterocycles. The first-order valence-electron chi connectivity index (χ1n) is 3.41. The van der Waals surface area contributed by atoms with Crippen molar-refractivity contribution in [2.45, 2.75) is 6.92 Å². The molecule has 0 radical (unpaired) electrons. The molecule has 0 atom stereocenters. The van der Waals surface area contributed by atoms with Gasteiger partial charge in [0.2, 0.25) is 0 Å². The molecule has 0 N–H and O–H groups in total. The van der Waals surface area contributed by atoms with Gasteiger partial charge in [0.15, 0.2) is 0 Å². The SMILES string of the molecule is C=Cc1c(OC)ccnc1C. The molecule has 1 heterocycles. The van der Waals surface area contributed by atoms with E-state index in [1.807, 2.05) is 13.0 Å². The van der Waals surface area contributed by atoms with Crippen LogP contribution in [0, 0.1) is 6.92 Å². The van der Waals surface area contributed by atoms with Crippen molar-refractivity contribution in [1.29, 1.82) is 0 Å². The molecular formula is C9H11NO. The summed E-state index contributed by atoms with van der Waals surface area (Å²) in [7, 11) is 1.64. The third-order valence-electron chi connectivity index (χ3n) is 1.57. The number of pyridine rings is 1. The van der Waals surface area contributed by atoms with E-state index in [0.29, 0.717) is 0 Å². The monoisotopic (exact) mass is 149 g/mol. The van der Waals surface area contributed by atoms with Gasteiger partial charge < -0.3 is 4.74 Å². The van der Waals surface area contributed by atoms with Gasteiger partial charge in [-0.05, 0) is 13.0 Å². The molecule has 0 aromatic carbocycles. The number of hydrogen-bond acceptors (Lipinski definition) is 2. The Labute approximate surface area is 66.5 Å². The Hall–Kier alpha value is -1.31. The van der Waals surface area contributed by atoms with Crippen molar-refractivity contribution in [1.82, 2.24) is 4.98 Å². The van der Waals surface area contributed by atoms with Crippen LogP contribution in [0.3, 0.4) is 0 Å². The Morgan fingerprint density at radius 3 is 2.82 bits per heavy atom. The molecule has 0 aliphatic rings. The quantitative estimate of drug-likeness (QED) is 0.642. The van der Waals surface area contributed by atoms with Crippen molar-refractivity contribution in [3.05, 3.63) is 30.1 Å². The zero-order chi connectivity index (χ0) is 8.27. The van der Waals surface area contributed by atoms with Gasteiger partial charge in [-0.1, -0.05) is 12.7 Å². The summed E-state index contributed by atoms with van der Waals surface area (Å²) in [5.41, 5.74) is 1.91. The minimum atomic E-state index is 0.826. The fourth-order valence-electron chi connectivity index (χ4n) is 0.981. The Balaban J connectivity index is 3.24. The maximum absolute atomic E-state index is 5.11. The highest BCUT2D eigenvalue weighted by molar-refractivity contribution is 5.57. The summed E-state index contributed by atoms with van der Waals surface area (Å²) in [6.45, 7) is 5.61. The largest absolute Gasteiger partial charge is 0.496 e. The molecule has 1 aromatic rings. The molecule has 2 heteroatoms. The summed E-state index contributed by atoms with van der Waals surface area (Å²) >= 11 is 0. The Bertz CT molecular complexity index is 268. The van der Waals surface area contributed by atoms with Crippen LogP contribution in [0.1, 0.15) is 11.3 Å². The summed E-state index contributed by atoms with van der Waals surface area (Å²) in [6.07, 6.45) is 3.47. The molecule has 1 aromatic heterocycles. The number of methoxy groups -OCH3 is 1. The van der Waals surface area contributed by atoms with Gasteiger partial charge in [0.25, 0.3) is 0 Å². The predicted molar refractivity (Wildman–Crippen MR) is 45.6 cm³/mol. The van der Waals surface area contributed by atoms with E-state index < -0.39 is 0 Å². The first-order chi connectivity index (χ1) is 5.29. The average molecular weight is 149 g/mol. The van der Waals surface area contributed by atoms with E-state index in [0.717, 1.165) is 17.0 Å². The van der Waals surface area contributed by atoms with E-state index in [2.05, 4.69) is 11.6 Å². The summed E-state index contributed by atoms with van der Waals surface area (Å²) < 4.78 is 5.11. The van der Waals surface area contributed by atoms with Crippen molar-refractivity contribution < 1.29 is 4.74 Å². The molecule has 1 rings (SSSR count). The van der Waals surface area contributed by atoms with Crippen LogP contribution in [0.4, 0.5) is 0 Å². The second-order valence-electron chi connectivity index (χ2n) is 2.22. The Kier molecular flexibility index (Phi) is 2.26. The zero-order valence-corrected chi connectivity index (χ0v) is 6.79. The molecule has 58 valence electrons. The molecule has 0 fully saturated rings. The van der Waals surface area contributed by atoms with Gasteiger partial charge in [-0.15, -0.1) is 0 Å². The zero-order valence-electron chi connectivity index (χ0n) is 6.79. The van der Waals surface area contributed by atoms with Gasteiger partial charge in [-0.2, -0.15) is 0 Å². The first kappa shape index (κ1) is 7.79. The molecule has 2 nitrogen and oxygen atoms in total. The molecule has 0 unspecified atom stereocenters. The predicted octanol–water partition coefficient (Wildman–Crippen LogP) is 2.04. The first-order valence-corrected chi connectivity index (χ1v) is 3.41. The topological polar surface area (TPSA) is 22.1 Å². The Morgan fingerprint density at radius 2 is 2.36 bits per heavy atom. The van der Waals surface area contributed by atoms with Crippen molar-refractivity contribution in [2.75, 3.05) is 7.11 Å². The molecule has 0 spiro atoms. The molecule has 0 amide bonds. The van der Waals surface area contributed by atoms with Gasteiger partial charge in [-0.3, -0.25) is 4.98 Å². The van der Waals surface area contributed by atoms with E-state index in [4.69, 9.17) is 4.74 Å². The van der Waals surface area contributed by atoms with Gasteiger partial charge in [-0.25, -0.2) is 0 Å². The van der Waals surface area contributed by atoms with Crippen LogP contribution >= 0.6 is 0 Å². The molecule has 0 saturated heterocycles. The lowest BCUT2D eigenvalue weighted by Crippen LogP contribution is -1.91. The normalized spacial score (nSPS) is 9.27. The lowest BCUT2D eigenvalue weighted by Gasteiger charge is -2.05. The molecule has 11 heavy (non-hydrogen) atoms. The highest BCUT2D eigenvalue weighted by Gasteiger charge is 2.01. The Morgan fingerprint density at radius 1 is 1.64 bits per heavy atom. The summed E-state index contributed by atoms with van der Waals surface area (Å²) in [5.74, 6) is 0.826. The number of hydrogen-bond donors (Lipinski definition) is 0. The highest BCUT2D eigenvalue weighted by Crippen LogP contribution is 2.20. The van der Waals surface area contributed by atoms with Crippen molar-refractivity contribution >= 4 is 6.08 Å². The van der Waals surface area contributed by atoms with Gasteiger partial charge in [0.05, 0.1) is 7.11 Å². The van der Waals surface area contributed by atoms with Crippen molar-refractivity contribution in [3.8, 4) is 5.75 Å². The second kappa shape index (κ2) is 3.19. The van der Waals surface area contributed by atoms with Crippen molar-refractivity contribution in [2.24, 2.45) is 0 Å². The fraction of sp³-hybridized carbons (Fsp3) is 0.222. The van der Waals surface area contributed by atoms with E-state index in [1.54, 1.807) is 19.4 Å². The van der Waals surface area contributed by atoms with E-state index in [9.17, 15) is 0 Å². The van der Waals surface area contributed by atoms with Crippen LogP contribution < -0.4 is 4.74 Å². The van der Waals surface area contributed by atoms with Gasteiger partial charge in [0, 0.05) is 17.5 Å². The summed E-state index contributed by atoms with van der Waals surface area (Å²) in [5, 5.41) is 0. The van der Waals surface area contributed by atoms with Gasteiger partial charge in [0.1, 0.15) is 5.75 Å². The van der Waals surface area contributed by atoms with Gasteiger partial charge >= 0.3 is 0 Å².